The van der Waals surface area contributed by atoms with Crippen LogP contribution in [0.25, 0.3) is 44.1 Å². The molecule has 8 aromatic carbocycles. The van der Waals surface area contributed by atoms with E-state index in [0.29, 0.717) is 0 Å². The molecular weight excluding hydrogens is 744 g/mol. The normalized spacial score (nSPS) is 10.9. The van der Waals surface area contributed by atoms with Crippen LogP contribution in [-0.2, 0) is 19.5 Å². The third-order valence-electron chi connectivity index (χ3n) is 9.02. The van der Waals surface area contributed by atoms with E-state index in [0.717, 1.165) is 0 Å². The molecule has 0 aliphatic rings. The molecule has 0 aliphatic carbocycles. The summed E-state index contributed by atoms with van der Waals surface area (Å²) >= 11 is 0. The standard InChI is InChI=1S/C44H32P2.C2H6N2.Ru.2H/c1-5-19-35(20-6-1)45(36-21-7-2-8-22-36)41-31-29-33-17-13-15-27-39(33)43(41)44-40-28-16-14-18-34(40)30-32-42(44)46(37-23-9-3-10-24-37)38-25-11-4-12-26-38;3-1-2-4;;;/h1-32H;3-4H,1-2H2;;;/q;-2;+2;;/p+2. The van der Waals surface area contributed by atoms with Crippen LogP contribution < -0.4 is 31.8 Å². The van der Waals surface area contributed by atoms with Crippen LogP contribution >= 0.6 is 15.8 Å². The fourth-order valence-electron chi connectivity index (χ4n) is 6.87. The Morgan fingerprint density at radius 3 is 0.882 bits per heavy atom. The zero-order valence-electron chi connectivity index (χ0n) is 28.3. The minimum absolute atomic E-state index is 0. The fourth-order valence-corrected chi connectivity index (χ4v) is 12.4. The first-order valence-corrected chi connectivity index (χ1v) is 20.1. The summed E-state index contributed by atoms with van der Waals surface area (Å²) in [6.07, 6.45) is 0. The van der Waals surface area contributed by atoms with Crippen molar-refractivity contribution in [2.45, 2.75) is 0 Å². The van der Waals surface area contributed by atoms with Gasteiger partial charge in [0.15, 0.2) is 0 Å². The Morgan fingerprint density at radius 2 is 0.588 bits per heavy atom. The van der Waals surface area contributed by atoms with Crippen molar-refractivity contribution in [3.8, 4) is 11.1 Å². The number of fused-ring (bicyclic) bond motifs is 2. The third kappa shape index (κ3) is 7.95. The van der Waals surface area contributed by atoms with E-state index < -0.39 is 15.8 Å². The Kier molecular flexibility index (Phi) is 12.7. The summed E-state index contributed by atoms with van der Waals surface area (Å²) in [4.78, 5) is 0. The molecule has 0 atom stereocenters. The number of rotatable bonds is 8. The van der Waals surface area contributed by atoms with Crippen molar-refractivity contribution in [1.29, 1.82) is 0 Å². The van der Waals surface area contributed by atoms with Crippen molar-refractivity contribution in [3.05, 3.63) is 206 Å². The van der Waals surface area contributed by atoms with Crippen molar-refractivity contribution < 1.29 is 19.5 Å². The van der Waals surface area contributed by atoms with Gasteiger partial charge in [-0.15, -0.1) is 0 Å². The molecule has 0 unspecified atom stereocenters. The largest absolute Gasteiger partial charge is 0.111 e. The minimum Gasteiger partial charge on any atom is -0.0620 e. The summed E-state index contributed by atoms with van der Waals surface area (Å²) in [5.41, 5.74) is 15.3. The average Bonchev–Trinajstić information content (AvgIpc) is 3.20. The SMILES string of the molecule is [NH-]CC[NH-].[RuH2+2].c1ccc([PH+](c2ccccc2)c2ccc3ccccc3c2-c2c([PH+](c3ccccc3)c3ccccc3)ccc3ccccc23)cc1. The summed E-state index contributed by atoms with van der Waals surface area (Å²) in [6, 6.07) is 72.2. The van der Waals surface area contributed by atoms with Gasteiger partial charge in [0.2, 0.25) is 0 Å². The van der Waals surface area contributed by atoms with Crippen LogP contribution in [-0.4, -0.2) is 13.1 Å². The van der Waals surface area contributed by atoms with Gasteiger partial charge in [-0.25, -0.2) is 0 Å². The predicted octanol–water partition coefficient (Wildman–Crippen LogP) is 9.19. The first kappa shape index (κ1) is 36.5. The molecule has 8 aromatic rings. The Labute approximate surface area is 316 Å². The van der Waals surface area contributed by atoms with E-state index in [9.17, 15) is 0 Å². The quantitative estimate of drug-likeness (QED) is 0.109. The van der Waals surface area contributed by atoms with Crippen molar-refractivity contribution in [2.24, 2.45) is 0 Å². The average molecular weight is 786 g/mol. The smallest absolute Gasteiger partial charge is 0.0620 e. The van der Waals surface area contributed by atoms with E-state index in [1.165, 1.54) is 64.5 Å². The molecule has 8 rings (SSSR count). The van der Waals surface area contributed by atoms with E-state index in [-0.39, 0.29) is 32.6 Å². The van der Waals surface area contributed by atoms with Crippen molar-refractivity contribution in [3.63, 3.8) is 0 Å². The Morgan fingerprint density at radius 1 is 0.314 bits per heavy atom. The predicted molar refractivity (Wildman–Crippen MR) is 228 cm³/mol. The molecule has 0 radical (unpaired) electrons. The van der Waals surface area contributed by atoms with E-state index in [4.69, 9.17) is 11.5 Å². The van der Waals surface area contributed by atoms with Gasteiger partial charge in [0.05, 0.1) is 15.8 Å². The van der Waals surface area contributed by atoms with Gasteiger partial charge in [-0.1, -0.05) is 133 Å². The molecule has 0 aliphatic heterocycles. The zero-order chi connectivity index (χ0) is 34.1. The van der Waals surface area contributed by atoms with E-state index in [1.54, 1.807) is 0 Å². The van der Waals surface area contributed by atoms with Crippen LogP contribution in [0.5, 0.6) is 0 Å². The number of hydrogen-bond donors (Lipinski definition) is 0. The van der Waals surface area contributed by atoms with Gasteiger partial charge < -0.3 is 11.5 Å². The molecule has 51 heavy (non-hydrogen) atoms. The van der Waals surface area contributed by atoms with Crippen molar-refractivity contribution in [1.82, 2.24) is 0 Å². The van der Waals surface area contributed by atoms with Gasteiger partial charge in [0, 0.05) is 11.1 Å². The number of benzene rings is 8. The van der Waals surface area contributed by atoms with Crippen LogP contribution in [0.4, 0.5) is 0 Å². The molecule has 0 bridgehead atoms. The van der Waals surface area contributed by atoms with Crippen LogP contribution in [0.2, 0.25) is 0 Å². The topological polar surface area (TPSA) is 47.6 Å². The summed E-state index contributed by atoms with van der Waals surface area (Å²) in [5.74, 6) is 0. The molecule has 0 heterocycles. The molecule has 0 spiro atoms. The van der Waals surface area contributed by atoms with Gasteiger partial charge in [0.1, 0.15) is 31.8 Å². The Balaban J connectivity index is 0.000000853. The summed E-state index contributed by atoms with van der Waals surface area (Å²) in [7, 11) is -2.74. The maximum atomic E-state index is 6.26. The van der Waals surface area contributed by atoms with Crippen LogP contribution in [0.1, 0.15) is 0 Å². The van der Waals surface area contributed by atoms with E-state index in [2.05, 4.69) is 194 Å². The molecule has 2 N–H and O–H groups in total. The second kappa shape index (κ2) is 17.8. The Hall–Kier alpha value is -4.32. The van der Waals surface area contributed by atoms with Gasteiger partial charge in [0.25, 0.3) is 0 Å². The Bertz CT molecular complexity index is 2060. The van der Waals surface area contributed by atoms with Crippen LogP contribution in [0.15, 0.2) is 194 Å². The van der Waals surface area contributed by atoms with Gasteiger partial charge in [-0.05, 0) is 82.2 Å². The summed E-state index contributed by atoms with van der Waals surface area (Å²) in [6.45, 7) is 0.472. The fraction of sp³-hybridized carbons (Fsp3) is 0.0435. The molecular formula is C46H42N2P2Ru+2. The molecule has 0 fully saturated rings. The minimum atomic E-state index is -1.37. The molecule has 0 aromatic heterocycles. The first-order valence-electron chi connectivity index (χ1n) is 17.1. The van der Waals surface area contributed by atoms with Crippen molar-refractivity contribution >= 4 is 69.2 Å². The van der Waals surface area contributed by atoms with Crippen LogP contribution in [0.3, 0.4) is 0 Å². The third-order valence-corrected chi connectivity index (χ3v) is 14.6. The molecule has 0 saturated carbocycles. The second-order valence-corrected chi connectivity index (χ2v) is 17.0. The van der Waals surface area contributed by atoms with Gasteiger partial charge in [-0.2, -0.15) is 13.1 Å². The molecule has 0 saturated heterocycles. The van der Waals surface area contributed by atoms with E-state index >= 15 is 0 Å². The van der Waals surface area contributed by atoms with Crippen molar-refractivity contribution in [2.75, 3.05) is 13.1 Å². The van der Waals surface area contributed by atoms with Crippen LogP contribution in [0, 0.1) is 0 Å². The molecule has 252 valence electrons. The number of hydrogen-bond acceptors (Lipinski definition) is 0. The summed E-state index contributed by atoms with van der Waals surface area (Å²) < 4.78 is 0. The second-order valence-electron chi connectivity index (χ2n) is 12.1. The maximum absolute atomic E-state index is 6.26. The van der Waals surface area contributed by atoms with E-state index in [1.807, 2.05) is 0 Å². The summed E-state index contributed by atoms with van der Waals surface area (Å²) in [5, 5.41) is 13.6. The monoisotopic (exact) mass is 786 g/mol. The molecule has 0 amide bonds. The molecule has 2 nitrogen and oxygen atoms in total. The first-order chi connectivity index (χ1) is 24.8. The van der Waals surface area contributed by atoms with Gasteiger partial charge in [-0.3, -0.25) is 0 Å². The van der Waals surface area contributed by atoms with Gasteiger partial charge >= 0.3 is 19.5 Å². The zero-order valence-corrected chi connectivity index (χ0v) is 32.3. The molecule has 5 heteroatoms. The number of nitrogens with one attached hydrogen (secondary N) is 2. The maximum Gasteiger partial charge on any atom is 0.111 e.